The topological polar surface area (TPSA) is 198 Å². The molecule has 1 aromatic heterocycles. The molecular weight excluding hydrogens is 733 g/mol. The average Bonchev–Trinajstić information content (AvgIpc) is 3.72. The van der Waals surface area contributed by atoms with Gasteiger partial charge in [-0.25, -0.2) is 0 Å². The molecule has 2 aromatic rings. The van der Waals surface area contributed by atoms with E-state index in [1.807, 2.05) is 99.7 Å². The van der Waals surface area contributed by atoms with Crippen molar-refractivity contribution in [3.8, 4) is 0 Å². The summed E-state index contributed by atoms with van der Waals surface area (Å²) in [6, 6.07) is 2.44. The van der Waals surface area contributed by atoms with Gasteiger partial charge in [-0.15, -0.1) is 0 Å². The van der Waals surface area contributed by atoms with Gasteiger partial charge in [0, 0.05) is 40.9 Å². The summed E-state index contributed by atoms with van der Waals surface area (Å²) in [4.78, 5) is 73.2. The zero-order valence-corrected chi connectivity index (χ0v) is 35.8. The zero-order chi connectivity index (χ0) is 41.6. The molecule has 0 bridgehead atoms. The molecule has 4 rings (SSSR count). The third-order valence-corrected chi connectivity index (χ3v) is 11.0. The van der Waals surface area contributed by atoms with Crippen molar-refractivity contribution in [3.63, 3.8) is 0 Å². The van der Waals surface area contributed by atoms with Gasteiger partial charge in [0.15, 0.2) is 0 Å². The molecule has 2 aliphatic rings. The summed E-state index contributed by atoms with van der Waals surface area (Å²) >= 11 is 4.89. The van der Waals surface area contributed by atoms with Crippen LogP contribution in [0.4, 0.5) is 0 Å². The lowest BCUT2D eigenvalue weighted by molar-refractivity contribution is -0.136. The van der Waals surface area contributed by atoms with Crippen LogP contribution in [0.15, 0.2) is 30.5 Å². The van der Waals surface area contributed by atoms with Crippen LogP contribution in [-0.4, -0.2) is 100 Å². The van der Waals surface area contributed by atoms with Crippen molar-refractivity contribution in [1.29, 1.82) is 0 Å². The summed E-state index contributed by atoms with van der Waals surface area (Å²) in [5.74, 6) is -2.90. The largest absolute Gasteiger partial charge is 0.361 e. The first-order chi connectivity index (χ1) is 26.2. The fraction of sp³-hybridized carbons (Fsp3) is 0.683. The Hall–Kier alpha value is -3.66. The van der Waals surface area contributed by atoms with Gasteiger partial charge in [-0.05, 0) is 62.5 Å². The molecule has 312 valence electrons. The molecule has 1 aromatic carbocycles. The van der Waals surface area contributed by atoms with Crippen LogP contribution in [0.5, 0.6) is 0 Å². The highest BCUT2D eigenvalue weighted by Gasteiger charge is 2.50. The highest BCUT2D eigenvalue weighted by atomic mass is 32.1. The van der Waals surface area contributed by atoms with Crippen LogP contribution < -0.4 is 37.2 Å². The van der Waals surface area contributed by atoms with E-state index in [1.165, 1.54) is 0 Å². The Morgan fingerprint density at radius 3 is 1.91 bits per heavy atom. The Kier molecular flexibility index (Phi) is 15.4. The number of ether oxygens (including phenoxy) is 1. The van der Waals surface area contributed by atoms with Crippen LogP contribution >= 0.6 is 12.6 Å². The maximum absolute atomic E-state index is 14.2. The number of epoxide rings is 1. The molecule has 0 spiro atoms. The molecule has 0 saturated carbocycles. The van der Waals surface area contributed by atoms with Crippen molar-refractivity contribution in [2.24, 2.45) is 23.7 Å². The van der Waals surface area contributed by atoms with Gasteiger partial charge < -0.3 is 41.6 Å². The minimum atomic E-state index is -1.05. The van der Waals surface area contributed by atoms with Crippen LogP contribution in [0, 0.1) is 23.7 Å². The highest BCUT2D eigenvalue weighted by molar-refractivity contribution is 7.81. The average molecular weight is 799 g/mol. The van der Waals surface area contributed by atoms with E-state index in [1.54, 1.807) is 6.92 Å². The second-order valence-electron chi connectivity index (χ2n) is 17.6. The van der Waals surface area contributed by atoms with Crippen molar-refractivity contribution in [3.05, 3.63) is 36.0 Å². The Labute approximate surface area is 337 Å². The zero-order valence-electron chi connectivity index (χ0n) is 34.9. The number of rotatable bonds is 8. The fourth-order valence-corrected chi connectivity index (χ4v) is 7.39. The molecular formula is C41H66N8O6S. The molecule has 2 fully saturated rings. The number of carbonyl (C=O) groups excluding carboxylic acids is 5. The van der Waals surface area contributed by atoms with Crippen LogP contribution in [0.1, 0.15) is 88.1 Å². The summed E-state index contributed by atoms with van der Waals surface area (Å²) in [5, 5.41) is 22.6. The van der Waals surface area contributed by atoms with Gasteiger partial charge in [0.2, 0.25) is 29.5 Å². The number of nitrogens with one attached hydrogen (secondary N) is 8. The van der Waals surface area contributed by atoms with Crippen LogP contribution in [0.2, 0.25) is 0 Å². The lowest BCUT2D eigenvalue weighted by Gasteiger charge is -2.34. The predicted molar refractivity (Wildman–Crippen MR) is 222 cm³/mol. The highest BCUT2D eigenvalue weighted by Crippen LogP contribution is 2.33. The molecule has 3 heterocycles. The number of hydrogen-bond donors (Lipinski definition) is 9. The van der Waals surface area contributed by atoms with E-state index in [9.17, 15) is 24.0 Å². The van der Waals surface area contributed by atoms with Gasteiger partial charge in [-0.1, -0.05) is 73.6 Å². The van der Waals surface area contributed by atoms with Gasteiger partial charge in [0.25, 0.3) is 0 Å². The Balaban J connectivity index is 1.71. The number of hydrogen-bond acceptors (Lipinski definition) is 9. The van der Waals surface area contributed by atoms with E-state index in [4.69, 9.17) is 17.4 Å². The Morgan fingerprint density at radius 2 is 1.32 bits per heavy atom. The smallest absolute Gasteiger partial charge is 0.243 e. The number of fused-ring (bicyclic) bond motifs is 2. The standard InChI is InChI=1S/C41H66N8O6S/c1-20(2)16-28-37(52)48-32(23(7)8)39(54)49-31(22(5)6)38(53)47-30(21(3)4)19-43-34(41(10,11)56)33-40(55-33)44-24(9)35(50)45-29(36(51)46-28)17-25-18-42-27-15-13-12-14-26(25)27/h12-15,18,20-24,28-34,40,42-44,56H,16-17,19H2,1-11H3,(H,45,50)(H,46,51)(H,47,53)(H,48,52)(H,49,54)/t24-,28-,29+,30-,31-,32+,33?,34-,40?/m1/s1. The molecule has 56 heavy (non-hydrogen) atoms. The lowest BCUT2D eigenvalue weighted by atomic mass is 9.96. The van der Waals surface area contributed by atoms with Crippen LogP contribution in [0.3, 0.4) is 0 Å². The monoisotopic (exact) mass is 798 g/mol. The first-order valence-corrected chi connectivity index (χ1v) is 20.6. The number of aromatic amines is 1. The summed E-state index contributed by atoms with van der Waals surface area (Å²) in [6.07, 6.45) is 1.44. The van der Waals surface area contributed by atoms with E-state index in [0.717, 1.165) is 16.5 Å². The summed E-state index contributed by atoms with van der Waals surface area (Å²) < 4.78 is 5.54. The maximum Gasteiger partial charge on any atom is 0.243 e. The normalized spacial score (nSPS) is 29.6. The molecule has 14 nitrogen and oxygen atoms in total. The summed E-state index contributed by atoms with van der Waals surface area (Å²) in [6.45, 7) is 21.3. The van der Waals surface area contributed by atoms with Crippen molar-refractivity contribution >= 4 is 53.1 Å². The van der Waals surface area contributed by atoms with Crippen molar-refractivity contribution in [1.82, 2.24) is 42.2 Å². The number of aromatic nitrogens is 1. The SMILES string of the molecule is CC(C)C[C@H]1NC(=O)[C@H](Cc2c[nH]c3ccccc23)NC(=O)[C@@H](C)NC2OC2[C@H](C(C)(C)S)NC[C@H](C(C)C)NC(=O)[C@@H](C(C)C)NC(=O)[C@H](C(C)C)NC1=O. The summed E-state index contributed by atoms with van der Waals surface area (Å²) in [7, 11) is 0. The minimum absolute atomic E-state index is 0.00299. The maximum atomic E-state index is 14.2. The molecule has 5 amide bonds. The van der Waals surface area contributed by atoms with Gasteiger partial charge >= 0.3 is 0 Å². The van der Waals surface area contributed by atoms with Crippen molar-refractivity contribution in [2.75, 3.05) is 6.54 Å². The second-order valence-corrected chi connectivity index (χ2v) is 18.7. The minimum Gasteiger partial charge on any atom is -0.361 e. The van der Waals surface area contributed by atoms with E-state index in [0.29, 0.717) is 6.54 Å². The second kappa shape index (κ2) is 19.2. The van der Waals surface area contributed by atoms with Crippen molar-refractivity contribution < 1.29 is 28.7 Å². The first kappa shape index (κ1) is 45.0. The number of amides is 5. The molecule has 2 saturated heterocycles. The fourth-order valence-electron chi connectivity index (χ4n) is 7.15. The van der Waals surface area contributed by atoms with E-state index in [2.05, 4.69) is 42.2 Å². The van der Waals surface area contributed by atoms with Crippen molar-refractivity contribution in [2.45, 2.75) is 148 Å². The molecule has 0 radical (unpaired) electrons. The lowest BCUT2D eigenvalue weighted by Crippen LogP contribution is -2.62. The Morgan fingerprint density at radius 1 is 0.750 bits per heavy atom. The van der Waals surface area contributed by atoms with Crippen LogP contribution in [-0.2, 0) is 35.1 Å². The molecule has 9 atom stereocenters. The Bertz CT molecular complexity index is 1690. The predicted octanol–water partition coefficient (Wildman–Crippen LogP) is 2.53. The van der Waals surface area contributed by atoms with Gasteiger partial charge in [0.05, 0.1) is 12.1 Å². The number of H-pyrrole nitrogens is 1. The van der Waals surface area contributed by atoms with Gasteiger partial charge in [-0.2, -0.15) is 12.6 Å². The molecule has 0 aliphatic carbocycles. The first-order valence-electron chi connectivity index (χ1n) is 20.1. The number of para-hydroxylation sites is 1. The summed E-state index contributed by atoms with van der Waals surface area (Å²) in [5.41, 5.74) is 1.71. The number of thiol groups is 1. The van der Waals surface area contributed by atoms with E-state index < -0.39 is 64.8 Å². The van der Waals surface area contributed by atoms with Crippen LogP contribution in [0.25, 0.3) is 10.9 Å². The molecule has 8 N–H and O–H groups in total. The number of benzene rings is 1. The third kappa shape index (κ3) is 11.9. The van der Waals surface area contributed by atoms with E-state index in [-0.39, 0.29) is 60.6 Å². The molecule has 15 heteroatoms. The van der Waals surface area contributed by atoms with Gasteiger partial charge in [-0.3, -0.25) is 29.3 Å². The molecule has 2 aliphatic heterocycles. The quantitative estimate of drug-likeness (QED) is 0.144. The molecule has 2 unspecified atom stereocenters. The van der Waals surface area contributed by atoms with E-state index >= 15 is 0 Å². The number of carbonyl (C=O) groups is 5. The third-order valence-electron chi connectivity index (χ3n) is 10.7. The van der Waals surface area contributed by atoms with Gasteiger partial charge in [0.1, 0.15) is 36.5 Å².